The maximum absolute atomic E-state index is 12.3. The number of thiophene rings is 1. The minimum Gasteiger partial charge on any atom is -0.399 e. The van der Waals surface area contributed by atoms with Crippen molar-refractivity contribution in [3.05, 3.63) is 38.5 Å². The summed E-state index contributed by atoms with van der Waals surface area (Å²) >= 11 is 4.69. The van der Waals surface area contributed by atoms with Gasteiger partial charge in [-0.15, -0.1) is 11.3 Å². The van der Waals surface area contributed by atoms with Crippen molar-refractivity contribution in [3.8, 4) is 0 Å². The molecule has 0 aliphatic rings. The van der Waals surface area contributed by atoms with Crippen molar-refractivity contribution >= 4 is 48.7 Å². The topological polar surface area (TPSA) is 72.2 Å². The van der Waals surface area contributed by atoms with Crippen molar-refractivity contribution in [2.45, 2.75) is 18.7 Å². The number of nitrogens with one attached hydrogen (secondary N) is 1. The molecule has 3 N–H and O–H groups in total. The van der Waals surface area contributed by atoms with Crippen LogP contribution in [0.1, 0.15) is 10.4 Å². The van der Waals surface area contributed by atoms with Crippen molar-refractivity contribution < 1.29 is 8.42 Å². The third-order valence-corrected chi connectivity index (χ3v) is 5.80. The molecule has 2 aromatic rings. The van der Waals surface area contributed by atoms with E-state index >= 15 is 0 Å². The Kier molecular flexibility index (Phi) is 3.89. The van der Waals surface area contributed by atoms with Gasteiger partial charge in [0.25, 0.3) is 10.0 Å². The van der Waals surface area contributed by atoms with E-state index in [1.165, 1.54) is 11.3 Å². The second-order valence-electron chi connectivity index (χ2n) is 4.15. The van der Waals surface area contributed by atoms with Gasteiger partial charge in [-0.05, 0) is 59.6 Å². The van der Waals surface area contributed by atoms with Gasteiger partial charge in [-0.25, -0.2) is 8.42 Å². The molecule has 0 aliphatic carbocycles. The summed E-state index contributed by atoms with van der Waals surface area (Å²) in [5.74, 6) is 0. The molecule has 0 unspecified atom stereocenters. The summed E-state index contributed by atoms with van der Waals surface area (Å²) in [6.45, 7) is 3.59. The van der Waals surface area contributed by atoms with E-state index in [2.05, 4.69) is 20.7 Å². The molecule has 0 atom stereocenters. The molecule has 19 heavy (non-hydrogen) atoms. The lowest BCUT2D eigenvalue weighted by Crippen LogP contribution is -2.14. The summed E-state index contributed by atoms with van der Waals surface area (Å²) in [6, 6.07) is 6.67. The van der Waals surface area contributed by atoms with Gasteiger partial charge in [0.15, 0.2) is 0 Å². The zero-order valence-corrected chi connectivity index (χ0v) is 13.6. The molecule has 1 aromatic heterocycles. The molecule has 2 rings (SSSR count). The molecular formula is C12H13BrN2O2S2. The van der Waals surface area contributed by atoms with E-state index in [4.69, 9.17) is 5.73 Å². The van der Waals surface area contributed by atoms with Crippen LogP contribution in [0.25, 0.3) is 0 Å². The zero-order chi connectivity index (χ0) is 14.2. The molecule has 0 fully saturated rings. The molecule has 4 nitrogen and oxygen atoms in total. The first-order valence-electron chi connectivity index (χ1n) is 5.44. The number of hydrogen-bond acceptors (Lipinski definition) is 4. The zero-order valence-electron chi connectivity index (χ0n) is 10.4. The average Bonchev–Trinajstić information content (AvgIpc) is 2.63. The Morgan fingerprint density at radius 1 is 1.26 bits per heavy atom. The van der Waals surface area contributed by atoms with Gasteiger partial charge in [0.05, 0.1) is 9.47 Å². The van der Waals surface area contributed by atoms with Gasteiger partial charge < -0.3 is 5.73 Å². The smallest absolute Gasteiger partial charge is 0.263 e. The SMILES string of the molecule is Cc1cc(N)ccc1NS(=O)(=O)c1cc(Br)sc1C. The monoisotopic (exact) mass is 360 g/mol. The summed E-state index contributed by atoms with van der Waals surface area (Å²) in [5, 5.41) is 0. The molecule has 0 radical (unpaired) electrons. The van der Waals surface area contributed by atoms with Crippen LogP contribution in [0.2, 0.25) is 0 Å². The van der Waals surface area contributed by atoms with Crippen LogP contribution in [0.15, 0.2) is 32.9 Å². The first-order valence-corrected chi connectivity index (χ1v) is 8.54. The van der Waals surface area contributed by atoms with E-state index in [9.17, 15) is 8.42 Å². The molecule has 7 heteroatoms. The fraction of sp³-hybridized carbons (Fsp3) is 0.167. The summed E-state index contributed by atoms with van der Waals surface area (Å²) in [7, 11) is -3.57. The molecule has 1 heterocycles. The van der Waals surface area contributed by atoms with Crippen molar-refractivity contribution in [1.82, 2.24) is 0 Å². The quantitative estimate of drug-likeness (QED) is 0.822. The summed E-state index contributed by atoms with van der Waals surface area (Å²) in [4.78, 5) is 1.04. The van der Waals surface area contributed by atoms with E-state index in [0.29, 0.717) is 16.3 Å². The van der Waals surface area contributed by atoms with Crippen LogP contribution in [0.3, 0.4) is 0 Å². The van der Waals surface area contributed by atoms with E-state index in [-0.39, 0.29) is 0 Å². The second-order valence-corrected chi connectivity index (χ2v) is 8.44. The highest BCUT2D eigenvalue weighted by Gasteiger charge is 2.20. The van der Waals surface area contributed by atoms with Gasteiger partial charge in [-0.3, -0.25) is 4.72 Å². The number of halogens is 1. The molecule has 0 saturated carbocycles. The highest BCUT2D eigenvalue weighted by atomic mass is 79.9. The number of benzene rings is 1. The maximum atomic E-state index is 12.3. The normalized spacial score (nSPS) is 11.5. The van der Waals surface area contributed by atoms with Crippen LogP contribution in [0, 0.1) is 13.8 Å². The van der Waals surface area contributed by atoms with E-state index in [0.717, 1.165) is 14.2 Å². The molecular weight excluding hydrogens is 348 g/mol. The molecule has 1 aromatic carbocycles. The van der Waals surface area contributed by atoms with E-state index < -0.39 is 10.0 Å². The molecule has 0 amide bonds. The lowest BCUT2D eigenvalue weighted by molar-refractivity contribution is 0.601. The Labute approximate surface area is 124 Å². The third kappa shape index (κ3) is 3.10. The van der Waals surface area contributed by atoms with Crippen LogP contribution in [0.4, 0.5) is 11.4 Å². The molecule has 0 bridgehead atoms. The number of rotatable bonds is 3. The Morgan fingerprint density at radius 3 is 2.47 bits per heavy atom. The minimum atomic E-state index is -3.57. The average molecular weight is 361 g/mol. The molecule has 0 saturated heterocycles. The van der Waals surface area contributed by atoms with Gasteiger partial charge in [-0.2, -0.15) is 0 Å². The largest absolute Gasteiger partial charge is 0.399 e. The minimum absolute atomic E-state index is 0.292. The number of nitrogens with two attached hydrogens (primary N) is 1. The number of hydrogen-bond donors (Lipinski definition) is 2. The Hall–Kier alpha value is -1.05. The third-order valence-electron chi connectivity index (χ3n) is 2.63. The number of nitrogen functional groups attached to an aromatic ring is 1. The summed E-state index contributed by atoms with van der Waals surface area (Å²) < 4.78 is 28.0. The second kappa shape index (κ2) is 5.15. The highest BCUT2D eigenvalue weighted by Crippen LogP contribution is 2.31. The Bertz CT molecular complexity index is 723. The Morgan fingerprint density at radius 2 is 1.95 bits per heavy atom. The van der Waals surface area contributed by atoms with Crippen LogP contribution in [-0.2, 0) is 10.0 Å². The van der Waals surface area contributed by atoms with Crippen LogP contribution in [0.5, 0.6) is 0 Å². The van der Waals surface area contributed by atoms with E-state index in [1.807, 2.05) is 6.92 Å². The molecule has 0 spiro atoms. The van der Waals surface area contributed by atoms with Gasteiger partial charge in [0.2, 0.25) is 0 Å². The number of anilines is 2. The molecule has 0 aliphatic heterocycles. The van der Waals surface area contributed by atoms with Crippen molar-refractivity contribution in [3.63, 3.8) is 0 Å². The van der Waals surface area contributed by atoms with Crippen LogP contribution in [-0.4, -0.2) is 8.42 Å². The van der Waals surface area contributed by atoms with Crippen molar-refractivity contribution in [2.75, 3.05) is 10.5 Å². The first kappa shape index (κ1) is 14.4. The highest BCUT2D eigenvalue weighted by molar-refractivity contribution is 9.11. The summed E-state index contributed by atoms with van der Waals surface area (Å²) in [6.07, 6.45) is 0. The maximum Gasteiger partial charge on any atom is 0.263 e. The van der Waals surface area contributed by atoms with E-state index in [1.54, 1.807) is 31.2 Å². The predicted octanol–water partition coefficient (Wildman–Crippen LogP) is 3.51. The predicted molar refractivity (Wildman–Crippen MR) is 83.2 cm³/mol. The van der Waals surface area contributed by atoms with Crippen LogP contribution >= 0.6 is 27.3 Å². The van der Waals surface area contributed by atoms with Crippen molar-refractivity contribution in [1.29, 1.82) is 0 Å². The standard InChI is InChI=1S/C12H13BrN2O2S2/c1-7-5-9(14)3-4-10(7)15-19(16,17)11-6-12(13)18-8(11)2/h3-6,15H,14H2,1-2H3. The summed E-state index contributed by atoms with van der Waals surface area (Å²) in [5.41, 5.74) is 7.58. The fourth-order valence-corrected chi connectivity index (χ4v) is 5.24. The number of aryl methyl sites for hydroxylation is 2. The molecule has 102 valence electrons. The Balaban J connectivity index is 2.39. The van der Waals surface area contributed by atoms with Gasteiger partial charge >= 0.3 is 0 Å². The lowest BCUT2D eigenvalue weighted by Gasteiger charge is -2.10. The van der Waals surface area contributed by atoms with Crippen molar-refractivity contribution in [2.24, 2.45) is 0 Å². The van der Waals surface area contributed by atoms with Gasteiger partial charge in [-0.1, -0.05) is 0 Å². The first-order chi connectivity index (χ1) is 8.79. The van der Waals surface area contributed by atoms with Gasteiger partial charge in [0.1, 0.15) is 4.90 Å². The van der Waals surface area contributed by atoms with Gasteiger partial charge in [0, 0.05) is 10.6 Å². The lowest BCUT2D eigenvalue weighted by atomic mass is 10.2. The fourth-order valence-electron chi connectivity index (χ4n) is 1.70. The number of sulfonamides is 1. The van der Waals surface area contributed by atoms with Crippen LogP contribution < -0.4 is 10.5 Å².